The Balaban J connectivity index is 0.00000338. The molecule has 1 heterocycles. The van der Waals surface area contributed by atoms with Crippen LogP contribution in [0.1, 0.15) is 24.2 Å². The molecule has 0 saturated carbocycles. The number of amides is 2. The molecule has 6 nitrogen and oxygen atoms in total. The maximum atomic E-state index is 13.5. The van der Waals surface area contributed by atoms with Crippen LogP contribution in [0.15, 0.2) is 24.3 Å². The van der Waals surface area contributed by atoms with E-state index in [0.29, 0.717) is 26.2 Å². The van der Waals surface area contributed by atoms with Crippen LogP contribution in [-0.2, 0) is 4.79 Å². The summed E-state index contributed by atoms with van der Waals surface area (Å²) in [5, 5.41) is 2.73. The molecule has 3 N–H and O–H groups in total. The minimum atomic E-state index is -0.520. The topological polar surface area (TPSA) is 78.7 Å². The highest BCUT2D eigenvalue weighted by molar-refractivity contribution is 5.94. The number of nitrogens with two attached hydrogens (primary N) is 1. The van der Waals surface area contributed by atoms with Gasteiger partial charge in [0.2, 0.25) is 5.91 Å². The van der Waals surface area contributed by atoms with Crippen LogP contribution >= 0.6 is 12.4 Å². The van der Waals surface area contributed by atoms with E-state index in [2.05, 4.69) is 10.2 Å². The zero-order chi connectivity index (χ0) is 18.4. The quantitative estimate of drug-likeness (QED) is 0.767. The van der Waals surface area contributed by atoms with E-state index in [9.17, 15) is 14.0 Å². The molecule has 1 aliphatic heterocycles. The summed E-state index contributed by atoms with van der Waals surface area (Å²) in [5.74, 6) is -0.801. The Morgan fingerprint density at radius 2 is 1.81 bits per heavy atom. The zero-order valence-corrected chi connectivity index (χ0v) is 16.1. The molecule has 1 saturated heterocycles. The minimum absolute atomic E-state index is 0. The second-order valence-corrected chi connectivity index (χ2v) is 6.67. The number of carbonyl (C=O) groups is 2. The van der Waals surface area contributed by atoms with Gasteiger partial charge >= 0.3 is 0 Å². The molecule has 0 bridgehead atoms. The van der Waals surface area contributed by atoms with Crippen LogP contribution in [0.5, 0.6) is 0 Å². The van der Waals surface area contributed by atoms with Crippen LogP contribution in [0.3, 0.4) is 0 Å². The van der Waals surface area contributed by atoms with Crippen molar-refractivity contribution in [1.82, 2.24) is 15.1 Å². The normalized spacial score (nSPS) is 16.1. The van der Waals surface area contributed by atoms with Crippen molar-refractivity contribution in [3.8, 4) is 0 Å². The van der Waals surface area contributed by atoms with Crippen molar-refractivity contribution in [2.24, 2.45) is 11.7 Å². The first-order valence-electron chi connectivity index (χ1n) is 8.69. The van der Waals surface area contributed by atoms with Gasteiger partial charge in [0.15, 0.2) is 0 Å². The highest BCUT2D eigenvalue weighted by Gasteiger charge is 2.26. The summed E-state index contributed by atoms with van der Waals surface area (Å²) in [5.41, 5.74) is 5.98. The van der Waals surface area contributed by atoms with E-state index >= 15 is 0 Å². The van der Waals surface area contributed by atoms with E-state index in [4.69, 9.17) is 5.73 Å². The molecule has 0 unspecified atom stereocenters. The zero-order valence-electron chi connectivity index (χ0n) is 15.3. The van der Waals surface area contributed by atoms with Crippen LogP contribution in [0.2, 0.25) is 0 Å². The smallest absolute Gasteiger partial charge is 0.254 e. The van der Waals surface area contributed by atoms with Crippen LogP contribution in [0.4, 0.5) is 4.39 Å². The number of hydrogen-bond acceptors (Lipinski definition) is 4. The maximum absolute atomic E-state index is 13.5. The molecule has 146 valence electrons. The Kier molecular flexibility index (Phi) is 8.98. The lowest BCUT2D eigenvalue weighted by atomic mass is 10.0. The van der Waals surface area contributed by atoms with Gasteiger partial charge in [-0.1, -0.05) is 26.0 Å². The second-order valence-electron chi connectivity index (χ2n) is 6.67. The average molecular weight is 387 g/mol. The number of nitrogens with zero attached hydrogens (tertiary/aromatic N) is 2. The summed E-state index contributed by atoms with van der Waals surface area (Å²) in [6.45, 7) is 7.75. The van der Waals surface area contributed by atoms with Gasteiger partial charge in [0.25, 0.3) is 5.91 Å². The fourth-order valence-corrected chi connectivity index (χ4v) is 2.76. The Hall–Kier alpha value is -1.70. The third kappa shape index (κ3) is 5.93. The summed E-state index contributed by atoms with van der Waals surface area (Å²) in [6, 6.07) is 5.47. The fraction of sp³-hybridized carbons (Fsp3) is 0.556. The first-order chi connectivity index (χ1) is 11.9. The van der Waals surface area contributed by atoms with Crippen LogP contribution in [0.25, 0.3) is 0 Å². The molecule has 0 spiro atoms. The molecule has 26 heavy (non-hydrogen) atoms. The van der Waals surface area contributed by atoms with E-state index in [1.54, 1.807) is 17.0 Å². The number of piperazine rings is 1. The molecule has 1 aliphatic rings. The van der Waals surface area contributed by atoms with E-state index in [0.717, 1.165) is 13.1 Å². The van der Waals surface area contributed by atoms with Gasteiger partial charge in [-0.05, 0) is 18.1 Å². The molecule has 2 amide bonds. The van der Waals surface area contributed by atoms with Crippen LogP contribution in [-0.4, -0.2) is 66.9 Å². The third-order valence-electron chi connectivity index (χ3n) is 4.52. The van der Waals surface area contributed by atoms with Gasteiger partial charge in [0.1, 0.15) is 5.82 Å². The predicted molar refractivity (Wildman–Crippen MR) is 102 cm³/mol. The van der Waals surface area contributed by atoms with Crippen molar-refractivity contribution in [2.45, 2.75) is 19.9 Å². The monoisotopic (exact) mass is 386 g/mol. The summed E-state index contributed by atoms with van der Waals surface area (Å²) in [6.07, 6.45) is 0. The molecule has 8 heteroatoms. The molecule has 0 aliphatic carbocycles. The Morgan fingerprint density at radius 1 is 1.19 bits per heavy atom. The molecular weight excluding hydrogens is 359 g/mol. The number of benzene rings is 1. The minimum Gasteiger partial charge on any atom is -0.351 e. The Morgan fingerprint density at radius 3 is 2.38 bits per heavy atom. The number of halogens is 2. The van der Waals surface area contributed by atoms with Gasteiger partial charge < -0.3 is 16.0 Å². The lowest BCUT2D eigenvalue weighted by Gasteiger charge is -2.36. The fourth-order valence-electron chi connectivity index (χ4n) is 2.76. The molecule has 1 fully saturated rings. The van der Waals surface area contributed by atoms with E-state index in [-0.39, 0.29) is 29.8 Å². The maximum Gasteiger partial charge on any atom is 0.254 e. The van der Waals surface area contributed by atoms with E-state index in [1.165, 1.54) is 12.1 Å². The van der Waals surface area contributed by atoms with Crippen molar-refractivity contribution in [3.63, 3.8) is 0 Å². The number of nitrogens with one attached hydrogen (secondary N) is 1. The van der Waals surface area contributed by atoms with Gasteiger partial charge in [-0.25, -0.2) is 4.39 Å². The number of rotatable bonds is 6. The van der Waals surface area contributed by atoms with Crippen molar-refractivity contribution in [3.05, 3.63) is 35.6 Å². The predicted octanol–water partition coefficient (Wildman–Crippen LogP) is 1.10. The summed E-state index contributed by atoms with van der Waals surface area (Å²) in [4.78, 5) is 28.2. The Labute approximate surface area is 160 Å². The van der Waals surface area contributed by atoms with Gasteiger partial charge in [0.05, 0.1) is 11.6 Å². The number of carbonyl (C=O) groups excluding carboxylic acids is 2. The van der Waals surface area contributed by atoms with Gasteiger partial charge in [-0.2, -0.15) is 0 Å². The first-order valence-corrected chi connectivity index (χ1v) is 8.69. The van der Waals surface area contributed by atoms with E-state index < -0.39 is 17.8 Å². The molecule has 1 aromatic carbocycles. The summed E-state index contributed by atoms with van der Waals surface area (Å²) >= 11 is 0. The van der Waals surface area contributed by atoms with Crippen LogP contribution in [0, 0.1) is 11.7 Å². The third-order valence-corrected chi connectivity index (χ3v) is 4.52. The van der Waals surface area contributed by atoms with Crippen molar-refractivity contribution in [2.75, 3.05) is 39.3 Å². The molecule has 1 atom stereocenters. The highest BCUT2D eigenvalue weighted by atomic mass is 35.5. The first kappa shape index (κ1) is 22.3. The highest BCUT2D eigenvalue weighted by Crippen LogP contribution is 2.08. The molecule has 1 aromatic rings. The SMILES string of the molecule is CC(C)[C@H](N)C(=O)N1CCN(CCNC(=O)c2ccccc2F)CC1.Cl. The van der Waals surface area contributed by atoms with Crippen molar-refractivity contribution < 1.29 is 14.0 Å². The van der Waals surface area contributed by atoms with Gasteiger partial charge in [0, 0.05) is 39.3 Å². The summed E-state index contributed by atoms with van der Waals surface area (Å²) in [7, 11) is 0. The average Bonchev–Trinajstić information content (AvgIpc) is 2.61. The molecule has 0 aromatic heterocycles. The van der Waals surface area contributed by atoms with Crippen molar-refractivity contribution in [1.29, 1.82) is 0 Å². The largest absolute Gasteiger partial charge is 0.351 e. The second kappa shape index (κ2) is 10.4. The molecule has 0 radical (unpaired) electrons. The molecule has 2 rings (SSSR count). The molecular formula is C18H28ClFN4O2. The van der Waals surface area contributed by atoms with E-state index in [1.807, 2.05) is 13.8 Å². The van der Waals surface area contributed by atoms with Crippen molar-refractivity contribution >= 4 is 24.2 Å². The Bertz CT molecular complexity index is 607. The van der Waals surface area contributed by atoms with Crippen LogP contribution < -0.4 is 11.1 Å². The lowest BCUT2D eigenvalue weighted by molar-refractivity contribution is -0.135. The lowest BCUT2D eigenvalue weighted by Crippen LogP contribution is -2.55. The summed E-state index contributed by atoms with van der Waals surface area (Å²) < 4.78 is 13.5. The van der Waals surface area contributed by atoms with Gasteiger partial charge in [-0.3, -0.25) is 14.5 Å². The van der Waals surface area contributed by atoms with Gasteiger partial charge in [-0.15, -0.1) is 12.4 Å². The number of hydrogen-bond donors (Lipinski definition) is 2. The standard InChI is InChI=1S/C18H27FN4O2.ClH/c1-13(2)16(20)18(25)23-11-9-22(10-12-23)8-7-21-17(24)14-5-3-4-6-15(14)19;/h3-6,13,16H,7-12,20H2,1-2H3,(H,21,24);1H/t16-;/m0./s1.